The standard InChI is InChI=1S/C16H17N7/c1-10-5-3-7-12(20-10)22-15-14(17)16(19-9-18-15)23-13-8-4-6-11(2)21-13/h3-9H,17H2,1-2H3,(H2,18,19,20,21,22,23). The summed E-state index contributed by atoms with van der Waals surface area (Å²) in [5.74, 6) is 2.34. The van der Waals surface area contributed by atoms with E-state index in [1.807, 2.05) is 50.2 Å². The van der Waals surface area contributed by atoms with Crippen LogP contribution >= 0.6 is 0 Å². The van der Waals surface area contributed by atoms with Crippen molar-refractivity contribution >= 4 is 29.0 Å². The van der Waals surface area contributed by atoms with E-state index in [1.54, 1.807) is 0 Å². The van der Waals surface area contributed by atoms with Crippen LogP contribution in [0.2, 0.25) is 0 Å². The Morgan fingerprint density at radius 2 is 1.26 bits per heavy atom. The van der Waals surface area contributed by atoms with Gasteiger partial charge in [0, 0.05) is 11.4 Å². The second-order valence-electron chi connectivity index (χ2n) is 5.06. The van der Waals surface area contributed by atoms with Crippen LogP contribution in [0.25, 0.3) is 0 Å². The summed E-state index contributed by atoms with van der Waals surface area (Å²) in [5, 5.41) is 6.21. The summed E-state index contributed by atoms with van der Waals surface area (Å²) in [7, 11) is 0. The molecule has 0 aliphatic rings. The average Bonchev–Trinajstić information content (AvgIpc) is 2.51. The first-order valence-electron chi connectivity index (χ1n) is 7.13. The largest absolute Gasteiger partial charge is 0.393 e. The van der Waals surface area contributed by atoms with Gasteiger partial charge in [-0.1, -0.05) is 12.1 Å². The van der Waals surface area contributed by atoms with Crippen molar-refractivity contribution in [2.45, 2.75) is 13.8 Å². The highest BCUT2D eigenvalue weighted by atomic mass is 15.1. The molecule has 0 saturated heterocycles. The van der Waals surface area contributed by atoms with Gasteiger partial charge in [-0.05, 0) is 38.1 Å². The minimum Gasteiger partial charge on any atom is -0.393 e. The molecule has 4 N–H and O–H groups in total. The highest BCUT2D eigenvalue weighted by molar-refractivity contribution is 5.79. The smallest absolute Gasteiger partial charge is 0.160 e. The lowest BCUT2D eigenvalue weighted by Crippen LogP contribution is -2.06. The molecule has 3 rings (SSSR count). The Bertz CT molecular complexity index is 766. The van der Waals surface area contributed by atoms with Crippen molar-refractivity contribution in [2.75, 3.05) is 16.4 Å². The fourth-order valence-corrected chi connectivity index (χ4v) is 2.06. The van der Waals surface area contributed by atoms with Crippen LogP contribution in [0.3, 0.4) is 0 Å². The summed E-state index contributed by atoms with van der Waals surface area (Å²) in [4.78, 5) is 17.1. The van der Waals surface area contributed by atoms with Gasteiger partial charge in [-0.15, -0.1) is 0 Å². The van der Waals surface area contributed by atoms with Crippen LogP contribution < -0.4 is 16.4 Å². The predicted octanol–water partition coefficient (Wildman–Crippen LogP) is 2.95. The molecule has 0 spiro atoms. The molecule has 3 aromatic rings. The SMILES string of the molecule is Cc1cccc(Nc2ncnc(Nc3cccc(C)n3)c2N)n1. The highest BCUT2D eigenvalue weighted by Crippen LogP contribution is 2.27. The molecule has 3 heterocycles. The lowest BCUT2D eigenvalue weighted by molar-refractivity contribution is 1.13. The molecule has 0 aliphatic heterocycles. The maximum Gasteiger partial charge on any atom is 0.160 e. The number of pyridine rings is 2. The molecule has 0 saturated carbocycles. The Balaban J connectivity index is 1.86. The van der Waals surface area contributed by atoms with Crippen molar-refractivity contribution in [1.82, 2.24) is 19.9 Å². The van der Waals surface area contributed by atoms with E-state index in [2.05, 4.69) is 30.6 Å². The number of nitrogens with one attached hydrogen (secondary N) is 2. The van der Waals surface area contributed by atoms with Crippen molar-refractivity contribution in [3.63, 3.8) is 0 Å². The van der Waals surface area contributed by atoms with E-state index < -0.39 is 0 Å². The lowest BCUT2D eigenvalue weighted by Gasteiger charge is -2.12. The van der Waals surface area contributed by atoms with Crippen LogP contribution in [0.5, 0.6) is 0 Å². The van der Waals surface area contributed by atoms with E-state index in [0.717, 1.165) is 11.4 Å². The Hall–Kier alpha value is -3.22. The number of anilines is 5. The van der Waals surface area contributed by atoms with E-state index in [1.165, 1.54) is 6.33 Å². The third-order valence-electron chi connectivity index (χ3n) is 3.15. The summed E-state index contributed by atoms with van der Waals surface area (Å²) in [6.45, 7) is 3.84. The Kier molecular flexibility index (Phi) is 4.01. The molecule has 0 amide bonds. The third kappa shape index (κ3) is 3.52. The van der Waals surface area contributed by atoms with Gasteiger partial charge in [-0.2, -0.15) is 0 Å². The summed E-state index contributed by atoms with van der Waals surface area (Å²) in [5.41, 5.74) is 8.37. The van der Waals surface area contributed by atoms with Gasteiger partial charge in [0.1, 0.15) is 23.7 Å². The second-order valence-corrected chi connectivity index (χ2v) is 5.06. The lowest BCUT2D eigenvalue weighted by atomic mass is 10.3. The molecular formula is C16H17N7. The van der Waals surface area contributed by atoms with Crippen LogP contribution in [-0.4, -0.2) is 19.9 Å². The molecule has 7 nitrogen and oxygen atoms in total. The van der Waals surface area contributed by atoms with Gasteiger partial charge < -0.3 is 16.4 Å². The van der Waals surface area contributed by atoms with Gasteiger partial charge in [-0.25, -0.2) is 19.9 Å². The van der Waals surface area contributed by atoms with Crippen molar-refractivity contribution in [3.8, 4) is 0 Å². The van der Waals surface area contributed by atoms with Gasteiger partial charge in [0.05, 0.1) is 0 Å². The van der Waals surface area contributed by atoms with Crippen LogP contribution in [0, 0.1) is 13.8 Å². The Morgan fingerprint density at radius 3 is 1.70 bits per heavy atom. The van der Waals surface area contributed by atoms with Crippen molar-refractivity contribution in [2.24, 2.45) is 0 Å². The van der Waals surface area contributed by atoms with E-state index in [-0.39, 0.29) is 0 Å². The zero-order valence-corrected chi connectivity index (χ0v) is 12.9. The number of aryl methyl sites for hydroxylation is 2. The number of hydrogen-bond donors (Lipinski definition) is 3. The fraction of sp³-hybridized carbons (Fsp3) is 0.125. The van der Waals surface area contributed by atoms with E-state index in [0.29, 0.717) is 29.0 Å². The van der Waals surface area contributed by atoms with Gasteiger partial charge in [0.25, 0.3) is 0 Å². The summed E-state index contributed by atoms with van der Waals surface area (Å²) < 4.78 is 0. The second kappa shape index (κ2) is 6.27. The molecule has 0 bridgehead atoms. The first-order valence-corrected chi connectivity index (χ1v) is 7.13. The Labute approximate surface area is 134 Å². The number of nitrogens with two attached hydrogens (primary N) is 1. The highest BCUT2D eigenvalue weighted by Gasteiger charge is 2.09. The minimum absolute atomic E-state index is 0.402. The summed E-state index contributed by atoms with van der Waals surface area (Å²) >= 11 is 0. The van der Waals surface area contributed by atoms with Crippen molar-refractivity contribution in [3.05, 3.63) is 54.1 Å². The van der Waals surface area contributed by atoms with Gasteiger partial charge in [0.15, 0.2) is 11.6 Å². The quantitative estimate of drug-likeness (QED) is 0.681. The Morgan fingerprint density at radius 1 is 0.783 bits per heavy atom. The molecule has 0 radical (unpaired) electrons. The zero-order chi connectivity index (χ0) is 16.2. The molecule has 0 fully saturated rings. The monoisotopic (exact) mass is 307 g/mol. The normalized spacial score (nSPS) is 10.3. The molecule has 0 aliphatic carbocycles. The molecule has 7 heteroatoms. The van der Waals surface area contributed by atoms with Gasteiger partial charge in [0.2, 0.25) is 0 Å². The topological polar surface area (TPSA) is 102 Å². The molecule has 3 aromatic heterocycles. The van der Waals surface area contributed by atoms with Crippen molar-refractivity contribution < 1.29 is 0 Å². The van der Waals surface area contributed by atoms with Crippen LogP contribution in [0.4, 0.5) is 29.0 Å². The number of aromatic nitrogens is 4. The predicted molar refractivity (Wildman–Crippen MR) is 91.0 cm³/mol. The van der Waals surface area contributed by atoms with Crippen LogP contribution in [-0.2, 0) is 0 Å². The molecule has 0 atom stereocenters. The number of nitrogens with zero attached hydrogens (tertiary/aromatic N) is 4. The molecule has 0 unspecified atom stereocenters. The molecule has 23 heavy (non-hydrogen) atoms. The molecule has 0 aromatic carbocycles. The van der Waals surface area contributed by atoms with Gasteiger partial charge in [-0.3, -0.25) is 0 Å². The first kappa shape index (κ1) is 14.7. The minimum atomic E-state index is 0.402. The molecular weight excluding hydrogens is 290 g/mol. The average molecular weight is 307 g/mol. The number of rotatable bonds is 4. The van der Waals surface area contributed by atoms with Gasteiger partial charge >= 0.3 is 0 Å². The fourth-order valence-electron chi connectivity index (χ4n) is 2.06. The summed E-state index contributed by atoms with van der Waals surface area (Å²) in [6.07, 6.45) is 1.44. The van der Waals surface area contributed by atoms with Crippen LogP contribution in [0.1, 0.15) is 11.4 Å². The van der Waals surface area contributed by atoms with E-state index in [9.17, 15) is 0 Å². The molecule has 116 valence electrons. The summed E-state index contributed by atoms with van der Waals surface area (Å²) in [6, 6.07) is 11.4. The number of hydrogen-bond acceptors (Lipinski definition) is 7. The van der Waals surface area contributed by atoms with Crippen molar-refractivity contribution in [1.29, 1.82) is 0 Å². The van der Waals surface area contributed by atoms with E-state index in [4.69, 9.17) is 5.73 Å². The van der Waals surface area contributed by atoms with E-state index >= 15 is 0 Å². The van der Waals surface area contributed by atoms with Crippen LogP contribution in [0.15, 0.2) is 42.7 Å². The first-order chi connectivity index (χ1) is 11.1. The zero-order valence-electron chi connectivity index (χ0n) is 12.9. The number of nitrogen functional groups attached to an aromatic ring is 1. The maximum atomic E-state index is 6.15. The third-order valence-corrected chi connectivity index (χ3v) is 3.15. The maximum absolute atomic E-state index is 6.15.